The molecule has 1 N–H and O–H groups in total. The molecule has 1 aromatic heterocycles. The van der Waals surface area contributed by atoms with Crippen molar-refractivity contribution < 1.29 is 0 Å². The maximum Gasteiger partial charge on any atom is 0.0564 e. The normalized spacial score (nSPS) is 21.5. The number of nitrogens with zero attached hydrogens (tertiary/aromatic N) is 3. The predicted molar refractivity (Wildman–Crippen MR) is 80.4 cm³/mol. The van der Waals surface area contributed by atoms with E-state index in [1.807, 2.05) is 12.3 Å². The smallest absolute Gasteiger partial charge is 0.0564 e. The second-order valence-electron chi connectivity index (χ2n) is 5.34. The van der Waals surface area contributed by atoms with E-state index in [-0.39, 0.29) is 0 Å². The molecule has 19 heavy (non-hydrogen) atoms. The molecule has 1 fully saturated rings. The van der Waals surface area contributed by atoms with E-state index in [1.54, 1.807) is 0 Å². The number of likely N-dealkylation sites (N-methyl/N-ethyl adjacent to an activating group) is 1. The van der Waals surface area contributed by atoms with E-state index in [0.717, 1.165) is 38.4 Å². The van der Waals surface area contributed by atoms with Gasteiger partial charge in [0.25, 0.3) is 0 Å². The molecular weight excluding hydrogens is 236 g/mol. The number of rotatable bonds is 5. The van der Waals surface area contributed by atoms with Gasteiger partial charge in [0, 0.05) is 50.6 Å². The molecule has 0 aromatic carbocycles. The van der Waals surface area contributed by atoms with Gasteiger partial charge >= 0.3 is 0 Å². The quantitative estimate of drug-likeness (QED) is 0.880. The zero-order chi connectivity index (χ0) is 13.7. The number of anilines is 1. The van der Waals surface area contributed by atoms with Crippen molar-refractivity contribution in [1.82, 2.24) is 14.8 Å². The summed E-state index contributed by atoms with van der Waals surface area (Å²) in [6.45, 7) is 9.76. The van der Waals surface area contributed by atoms with Gasteiger partial charge in [-0.2, -0.15) is 0 Å². The third-order valence-electron chi connectivity index (χ3n) is 3.92. The first-order chi connectivity index (χ1) is 9.22. The zero-order valence-electron chi connectivity index (χ0n) is 12.4. The topological polar surface area (TPSA) is 31.4 Å². The van der Waals surface area contributed by atoms with E-state index in [0.29, 0.717) is 6.04 Å². The maximum atomic E-state index is 4.49. The third kappa shape index (κ3) is 3.91. The van der Waals surface area contributed by atoms with Crippen LogP contribution in [0.3, 0.4) is 0 Å². The average molecular weight is 262 g/mol. The predicted octanol–water partition coefficient (Wildman–Crippen LogP) is 2.04. The summed E-state index contributed by atoms with van der Waals surface area (Å²) in [5.41, 5.74) is 2.34. The van der Waals surface area contributed by atoms with E-state index in [1.165, 1.54) is 12.1 Å². The van der Waals surface area contributed by atoms with Crippen LogP contribution in [0.4, 0.5) is 5.69 Å². The molecule has 0 bridgehead atoms. The maximum absolute atomic E-state index is 4.49. The van der Waals surface area contributed by atoms with Crippen molar-refractivity contribution in [3.05, 3.63) is 24.0 Å². The highest BCUT2D eigenvalue weighted by atomic mass is 15.3. The minimum absolute atomic E-state index is 0.686. The van der Waals surface area contributed by atoms with Crippen LogP contribution in [0.2, 0.25) is 0 Å². The average Bonchev–Trinajstić information content (AvgIpc) is 2.42. The molecule has 1 saturated heterocycles. The minimum Gasteiger partial charge on any atom is -0.385 e. The van der Waals surface area contributed by atoms with Gasteiger partial charge in [-0.3, -0.25) is 9.88 Å². The molecule has 1 aliphatic rings. The Hall–Kier alpha value is -1.13. The van der Waals surface area contributed by atoms with Crippen molar-refractivity contribution in [1.29, 1.82) is 0 Å². The Bertz CT molecular complexity index is 393. The largest absolute Gasteiger partial charge is 0.385 e. The van der Waals surface area contributed by atoms with Gasteiger partial charge in [-0.25, -0.2) is 0 Å². The first kappa shape index (κ1) is 14.3. The molecule has 1 unspecified atom stereocenters. The van der Waals surface area contributed by atoms with E-state index in [2.05, 4.69) is 47.1 Å². The van der Waals surface area contributed by atoms with Crippen molar-refractivity contribution in [2.24, 2.45) is 0 Å². The van der Waals surface area contributed by atoms with Crippen LogP contribution in [-0.4, -0.2) is 54.1 Å². The summed E-state index contributed by atoms with van der Waals surface area (Å²) in [5, 5.41) is 3.35. The molecule has 1 aromatic rings. The fraction of sp³-hybridized carbons (Fsp3) is 0.667. The second kappa shape index (κ2) is 6.87. The van der Waals surface area contributed by atoms with Crippen molar-refractivity contribution in [3.63, 3.8) is 0 Å². The fourth-order valence-corrected chi connectivity index (χ4v) is 2.70. The Balaban J connectivity index is 1.95. The van der Waals surface area contributed by atoms with Crippen LogP contribution < -0.4 is 5.32 Å². The number of hydrogen-bond donors (Lipinski definition) is 1. The first-order valence-electron chi connectivity index (χ1n) is 7.34. The Morgan fingerprint density at radius 3 is 2.95 bits per heavy atom. The molecule has 2 heterocycles. The fourth-order valence-electron chi connectivity index (χ4n) is 2.70. The van der Waals surface area contributed by atoms with Crippen molar-refractivity contribution in [2.45, 2.75) is 32.9 Å². The van der Waals surface area contributed by atoms with Gasteiger partial charge in [-0.1, -0.05) is 6.92 Å². The standard InChI is InChI=1S/C15H26N4/c1-4-15-12-19(9-8-18(15)3)11-14-10-13(16-5-2)6-7-17-14/h6-7,10,15H,4-5,8-9,11-12H2,1-3H3,(H,16,17). The lowest BCUT2D eigenvalue weighted by atomic mass is 10.1. The van der Waals surface area contributed by atoms with Crippen LogP contribution in [0.15, 0.2) is 18.3 Å². The molecule has 1 atom stereocenters. The number of nitrogens with one attached hydrogen (secondary N) is 1. The summed E-state index contributed by atoms with van der Waals surface area (Å²) in [4.78, 5) is 9.48. The van der Waals surface area contributed by atoms with Gasteiger partial charge in [-0.15, -0.1) is 0 Å². The van der Waals surface area contributed by atoms with Crippen molar-refractivity contribution >= 4 is 5.69 Å². The monoisotopic (exact) mass is 262 g/mol. The highest BCUT2D eigenvalue weighted by Gasteiger charge is 2.22. The molecule has 4 heteroatoms. The van der Waals surface area contributed by atoms with E-state index in [9.17, 15) is 0 Å². The number of pyridine rings is 1. The summed E-state index contributed by atoms with van der Waals surface area (Å²) in [5.74, 6) is 0. The molecule has 0 spiro atoms. The molecule has 0 amide bonds. The molecular formula is C15H26N4. The molecule has 2 rings (SSSR count). The van der Waals surface area contributed by atoms with Crippen LogP contribution in [0.5, 0.6) is 0 Å². The van der Waals surface area contributed by atoms with Gasteiger partial charge in [0.2, 0.25) is 0 Å². The van der Waals surface area contributed by atoms with E-state index >= 15 is 0 Å². The van der Waals surface area contributed by atoms with Crippen LogP contribution >= 0.6 is 0 Å². The van der Waals surface area contributed by atoms with Gasteiger partial charge in [0.1, 0.15) is 0 Å². The van der Waals surface area contributed by atoms with Gasteiger partial charge in [0.05, 0.1) is 5.69 Å². The Morgan fingerprint density at radius 1 is 1.37 bits per heavy atom. The molecule has 0 radical (unpaired) electrons. The Morgan fingerprint density at radius 2 is 2.21 bits per heavy atom. The Kier molecular flexibility index (Phi) is 5.16. The Labute approximate surface area is 116 Å². The molecule has 0 saturated carbocycles. The van der Waals surface area contributed by atoms with Crippen LogP contribution in [0, 0.1) is 0 Å². The minimum atomic E-state index is 0.686. The summed E-state index contributed by atoms with van der Waals surface area (Å²) >= 11 is 0. The lowest BCUT2D eigenvalue weighted by molar-refractivity contribution is 0.0875. The third-order valence-corrected chi connectivity index (χ3v) is 3.92. The van der Waals surface area contributed by atoms with Gasteiger partial charge in [-0.05, 0) is 32.5 Å². The molecule has 4 nitrogen and oxygen atoms in total. The SMILES string of the molecule is CCNc1ccnc(CN2CCN(C)C(CC)C2)c1. The van der Waals surface area contributed by atoms with E-state index in [4.69, 9.17) is 0 Å². The van der Waals surface area contributed by atoms with Gasteiger partial charge in [0.15, 0.2) is 0 Å². The summed E-state index contributed by atoms with van der Waals surface area (Å²) in [6.07, 6.45) is 3.12. The van der Waals surface area contributed by atoms with Crippen molar-refractivity contribution in [3.8, 4) is 0 Å². The highest BCUT2D eigenvalue weighted by Crippen LogP contribution is 2.15. The van der Waals surface area contributed by atoms with Crippen molar-refractivity contribution in [2.75, 3.05) is 38.5 Å². The lowest BCUT2D eigenvalue weighted by Crippen LogP contribution is -2.50. The first-order valence-corrected chi connectivity index (χ1v) is 7.34. The number of piperazine rings is 1. The molecule has 106 valence electrons. The summed E-state index contributed by atoms with van der Waals surface area (Å²) in [7, 11) is 2.23. The molecule has 0 aliphatic carbocycles. The van der Waals surface area contributed by atoms with E-state index < -0.39 is 0 Å². The summed E-state index contributed by atoms with van der Waals surface area (Å²) in [6, 6.07) is 4.89. The number of aromatic nitrogens is 1. The zero-order valence-corrected chi connectivity index (χ0v) is 12.4. The second-order valence-corrected chi connectivity index (χ2v) is 5.34. The highest BCUT2D eigenvalue weighted by molar-refractivity contribution is 5.42. The van der Waals surface area contributed by atoms with Crippen LogP contribution in [0.1, 0.15) is 26.0 Å². The van der Waals surface area contributed by atoms with Crippen LogP contribution in [0.25, 0.3) is 0 Å². The molecule has 1 aliphatic heterocycles. The number of hydrogen-bond acceptors (Lipinski definition) is 4. The summed E-state index contributed by atoms with van der Waals surface area (Å²) < 4.78 is 0. The lowest BCUT2D eigenvalue weighted by Gasteiger charge is -2.39. The van der Waals surface area contributed by atoms with Gasteiger partial charge < -0.3 is 10.2 Å². The van der Waals surface area contributed by atoms with Crippen LogP contribution in [-0.2, 0) is 6.54 Å².